The highest BCUT2D eigenvalue weighted by atomic mass is 32.2. The number of carbonyl (C=O) groups excluding carboxylic acids is 5. The molecule has 5 atom stereocenters. The van der Waals surface area contributed by atoms with Gasteiger partial charge >= 0.3 is 0 Å². The van der Waals surface area contributed by atoms with Gasteiger partial charge in [-0.25, -0.2) is 18.7 Å². The number of nitriles is 1. The fraction of sp³-hybridized carbons (Fsp3) is 0.544. The fourth-order valence-electron chi connectivity index (χ4n) is 11.8. The molecular weight excluding hydrogens is 1030 g/mol. The lowest BCUT2D eigenvalue weighted by atomic mass is 9.88. The molecule has 5 aliphatic heterocycles. The summed E-state index contributed by atoms with van der Waals surface area (Å²) in [5.74, 6) is -0.726. The fourth-order valence-corrected chi connectivity index (χ4v) is 13.0. The summed E-state index contributed by atoms with van der Waals surface area (Å²) in [5, 5.41) is 24.8. The molecular formula is C57H72F2N14O5S. The number of hydrogen-bond donors (Lipinski definition) is 4. The highest BCUT2D eigenvalue weighted by Crippen LogP contribution is 2.41. The van der Waals surface area contributed by atoms with E-state index in [4.69, 9.17) is 15.7 Å². The minimum Gasteiger partial charge on any atom is -0.381 e. The number of likely N-dealkylation sites (N-methyl/N-ethyl adjacent to an activating group) is 1. The van der Waals surface area contributed by atoms with Gasteiger partial charge in [0, 0.05) is 50.0 Å². The summed E-state index contributed by atoms with van der Waals surface area (Å²) in [4.78, 5) is 90.3. The first-order valence-corrected chi connectivity index (χ1v) is 28.9. The highest BCUT2D eigenvalue weighted by molar-refractivity contribution is 8.14. The lowest BCUT2D eigenvalue weighted by molar-refractivity contribution is -0.138. The molecule has 5 aliphatic rings. The minimum atomic E-state index is -0.677. The monoisotopic (exact) mass is 1100 g/mol. The Morgan fingerprint density at radius 1 is 0.911 bits per heavy atom. The molecule has 420 valence electrons. The average molecular weight is 1100 g/mol. The van der Waals surface area contributed by atoms with Gasteiger partial charge in [-0.05, 0) is 139 Å². The van der Waals surface area contributed by atoms with Crippen molar-refractivity contribution in [2.75, 3.05) is 69.8 Å². The molecule has 22 heteroatoms. The Morgan fingerprint density at radius 2 is 1.63 bits per heavy atom. The SMILES string of the molecule is CN[C@H](C)C(=O)N[C@@H](C(=O)N1CCC[C@@H]1C1=NC(C(=O)c2ccc(F)cc2)CS1)C1CCN(CCCCCCCCC(=O)NCCn2nc(C#N)c3c2CN(C)C(=O)c2ccc(F)cc2[C@H]2CCCN2c2nc-3cnc2N)CC1. The molecule has 2 bridgehead atoms. The van der Waals surface area contributed by atoms with Gasteiger partial charge in [-0.2, -0.15) is 10.4 Å². The molecule has 9 rings (SSSR count). The van der Waals surface area contributed by atoms with Crippen LogP contribution in [-0.4, -0.2) is 152 Å². The smallest absolute Gasteiger partial charge is 0.254 e. The number of piperidine rings is 1. The van der Waals surface area contributed by atoms with Crippen LogP contribution in [0.2, 0.25) is 0 Å². The predicted octanol–water partition coefficient (Wildman–Crippen LogP) is 6.04. The number of carbonyl (C=O) groups is 5. The second kappa shape index (κ2) is 26.0. The molecule has 1 unspecified atom stereocenters. The maximum Gasteiger partial charge on any atom is 0.254 e. The highest BCUT2D eigenvalue weighted by Gasteiger charge is 2.43. The van der Waals surface area contributed by atoms with Gasteiger partial charge in [0.25, 0.3) is 5.91 Å². The lowest BCUT2D eigenvalue weighted by Crippen LogP contribution is -2.58. The Bertz CT molecular complexity index is 2960. The first kappa shape index (κ1) is 56.9. The van der Waals surface area contributed by atoms with E-state index in [0.717, 1.165) is 95.3 Å². The molecule has 0 aliphatic carbocycles. The van der Waals surface area contributed by atoms with E-state index in [2.05, 4.69) is 37.0 Å². The van der Waals surface area contributed by atoms with Crippen molar-refractivity contribution in [3.05, 3.63) is 88.4 Å². The van der Waals surface area contributed by atoms with Crippen molar-refractivity contribution >= 4 is 57.9 Å². The lowest BCUT2D eigenvalue weighted by Gasteiger charge is -2.38. The summed E-state index contributed by atoms with van der Waals surface area (Å²) in [6, 6.07) is 9.55. The Kier molecular flexibility index (Phi) is 18.7. The summed E-state index contributed by atoms with van der Waals surface area (Å²) >= 11 is 1.50. The van der Waals surface area contributed by atoms with E-state index in [9.17, 15) is 38.0 Å². The van der Waals surface area contributed by atoms with Crippen molar-refractivity contribution in [3.8, 4) is 17.3 Å². The molecule has 3 fully saturated rings. The number of nitrogen functional groups attached to an aromatic ring is 1. The average Bonchev–Trinajstić information content (AvgIpc) is 4.50. The van der Waals surface area contributed by atoms with Crippen LogP contribution in [0.1, 0.15) is 134 Å². The normalized spacial score (nSPS) is 20.3. The number of hydrogen-bond acceptors (Lipinski definition) is 15. The number of nitrogens with one attached hydrogen (secondary N) is 3. The van der Waals surface area contributed by atoms with E-state index in [1.165, 1.54) is 65.3 Å². The molecule has 0 spiro atoms. The molecule has 0 radical (unpaired) electrons. The van der Waals surface area contributed by atoms with Gasteiger partial charge in [0.05, 0.1) is 59.4 Å². The second-order valence-corrected chi connectivity index (χ2v) is 22.5. The number of rotatable bonds is 20. The maximum atomic E-state index is 14.8. The predicted molar refractivity (Wildman–Crippen MR) is 298 cm³/mol. The number of fused-ring (bicyclic) bond motifs is 8. The number of ketones is 1. The Balaban J connectivity index is 0.716. The number of aliphatic imine (C=N–C) groups is 1. The molecule has 4 amide bonds. The Morgan fingerprint density at radius 3 is 2.39 bits per heavy atom. The number of likely N-dealkylation sites (tertiary alicyclic amines) is 2. The molecule has 79 heavy (non-hydrogen) atoms. The number of amides is 4. The number of nitrogens with two attached hydrogens (primary N) is 1. The van der Waals surface area contributed by atoms with E-state index in [0.29, 0.717) is 71.1 Å². The summed E-state index contributed by atoms with van der Waals surface area (Å²) < 4.78 is 30.0. The quantitative estimate of drug-likeness (QED) is 0.0583. The van der Waals surface area contributed by atoms with Crippen LogP contribution >= 0.6 is 11.8 Å². The first-order valence-electron chi connectivity index (χ1n) is 27.9. The topological polar surface area (TPSA) is 240 Å². The summed E-state index contributed by atoms with van der Waals surface area (Å²) in [5.41, 5.74) is 9.19. The second-order valence-electron chi connectivity index (χ2n) is 21.5. The zero-order valence-electron chi connectivity index (χ0n) is 45.4. The van der Waals surface area contributed by atoms with Crippen LogP contribution in [0.15, 0.2) is 53.7 Å². The van der Waals surface area contributed by atoms with E-state index >= 15 is 0 Å². The molecule has 5 N–H and O–H groups in total. The van der Waals surface area contributed by atoms with Crippen LogP contribution in [0, 0.1) is 28.9 Å². The minimum absolute atomic E-state index is 0.0302. The summed E-state index contributed by atoms with van der Waals surface area (Å²) in [7, 11) is 3.38. The third kappa shape index (κ3) is 13.1. The summed E-state index contributed by atoms with van der Waals surface area (Å²) in [6.45, 7) is 6.03. The third-order valence-corrected chi connectivity index (χ3v) is 17.4. The third-order valence-electron chi connectivity index (χ3n) is 16.3. The molecule has 3 saturated heterocycles. The van der Waals surface area contributed by atoms with Gasteiger partial charge in [-0.3, -0.25) is 33.6 Å². The first-order chi connectivity index (χ1) is 38.2. The van der Waals surface area contributed by atoms with Crippen LogP contribution in [0.4, 0.5) is 20.4 Å². The molecule has 0 saturated carbocycles. The van der Waals surface area contributed by atoms with Crippen molar-refractivity contribution in [1.29, 1.82) is 5.26 Å². The zero-order valence-corrected chi connectivity index (χ0v) is 46.2. The number of anilines is 2. The number of thioether (sulfide) groups is 1. The summed E-state index contributed by atoms with van der Waals surface area (Å²) in [6.07, 6.45) is 12.2. The standard InChI is InChI=1S/C57H72F2N14O5S/c1-35(62-2)54(76)67-50(57(78)72-26-11-13-46(72)55-66-44(34-79-55)51(75)37-15-17-38(58)18-16-37)36-21-27-70(28-22-36)24-9-7-5-4-6-8-14-48(74)63-23-29-73-47-33-69(3)56(77)40-20-19-39(59)30-41(40)45-12-10-25-71(45)53-52(61)64-32-43(65-53)49(47)42(31-60)68-73/h15-20,30,32,35-36,44-46,50,62H,4-14,21-29,33-34H2,1-3H3,(H2,61,64)(H,63,74)(H,67,76)/t35-,44?,45-,46-,50-/m1/s1. The van der Waals surface area contributed by atoms with E-state index in [1.54, 1.807) is 25.7 Å². The van der Waals surface area contributed by atoms with Crippen molar-refractivity contribution in [2.45, 2.75) is 134 Å². The number of benzene rings is 2. The van der Waals surface area contributed by atoms with Gasteiger partial charge < -0.3 is 41.3 Å². The van der Waals surface area contributed by atoms with Gasteiger partial charge in [-0.15, -0.1) is 11.8 Å². The number of nitrogens with zero attached hydrogens (tertiary/aromatic N) is 10. The van der Waals surface area contributed by atoms with Crippen LogP contribution in [0.25, 0.3) is 11.3 Å². The van der Waals surface area contributed by atoms with E-state index < -0.39 is 29.8 Å². The zero-order chi connectivity index (χ0) is 55.7. The Labute approximate surface area is 464 Å². The number of halogens is 2. The van der Waals surface area contributed by atoms with E-state index in [1.807, 2.05) is 9.80 Å². The molecule has 4 aromatic rings. The number of Topliss-reactive ketones (excluding diaryl/α,β-unsaturated/α-hetero) is 1. The van der Waals surface area contributed by atoms with Crippen molar-refractivity contribution < 1.29 is 32.8 Å². The van der Waals surface area contributed by atoms with Crippen LogP contribution in [-0.2, 0) is 27.5 Å². The van der Waals surface area contributed by atoms with E-state index in [-0.39, 0.29) is 78.6 Å². The molecule has 2 aromatic heterocycles. The van der Waals surface area contributed by atoms with Crippen LogP contribution < -0.4 is 26.6 Å². The van der Waals surface area contributed by atoms with Gasteiger partial charge in [0.15, 0.2) is 23.1 Å². The molecule has 7 heterocycles. The maximum absolute atomic E-state index is 14.8. The molecule has 2 aromatic carbocycles. The van der Waals surface area contributed by atoms with Gasteiger partial charge in [0.2, 0.25) is 17.7 Å². The Hall–Kier alpha value is -6.83. The number of unbranched alkanes of at least 4 members (excludes halogenated alkanes) is 5. The van der Waals surface area contributed by atoms with Crippen molar-refractivity contribution in [2.24, 2.45) is 10.9 Å². The molecule has 19 nitrogen and oxygen atoms in total. The van der Waals surface area contributed by atoms with Crippen molar-refractivity contribution in [1.82, 2.24) is 50.4 Å². The van der Waals surface area contributed by atoms with Crippen molar-refractivity contribution in [3.63, 3.8) is 0 Å². The number of aromatic nitrogens is 4. The van der Waals surface area contributed by atoms with Crippen LogP contribution in [0.3, 0.4) is 0 Å². The van der Waals surface area contributed by atoms with Crippen LogP contribution in [0.5, 0.6) is 0 Å². The largest absolute Gasteiger partial charge is 0.381 e. The van der Waals surface area contributed by atoms with Gasteiger partial charge in [0.1, 0.15) is 29.8 Å². The van der Waals surface area contributed by atoms with Gasteiger partial charge in [-0.1, -0.05) is 25.7 Å².